The predicted molar refractivity (Wildman–Crippen MR) is 121 cm³/mol. The first-order valence-electron chi connectivity index (χ1n) is 9.68. The molecule has 28 heavy (non-hydrogen) atoms. The van der Waals surface area contributed by atoms with Crippen molar-refractivity contribution >= 4 is 17.5 Å². The number of anilines is 2. The summed E-state index contributed by atoms with van der Waals surface area (Å²) < 4.78 is 0. The quantitative estimate of drug-likeness (QED) is 0.564. The minimum atomic E-state index is 0.199. The molecule has 2 heteroatoms. The number of rotatable bonds is 4. The van der Waals surface area contributed by atoms with Crippen LogP contribution in [0.4, 0.5) is 11.4 Å². The molecule has 0 radical (unpaired) electrons. The van der Waals surface area contributed by atoms with Crippen LogP contribution in [0.2, 0.25) is 0 Å². The monoisotopic (exact) mass is 366 g/mol. The minimum Gasteiger partial charge on any atom is -0.378 e. The third-order valence-electron chi connectivity index (χ3n) is 5.38. The lowest BCUT2D eigenvalue weighted by molar-refractivity contribution is 0.988. The molecule has 4 rings (SSSR count). The number of para-hydroxylation sites is 1. The van der Waals surface area contributed by atoms with E-state index in [2.05, 4.69) is 128 Å². The van der Waals surface area contributed by atoms with Gasteiger partial charge in [0.05, 0.1) is 0 Å². The van der Waals surface area contributed by atoms with Gasteiger partial charge in [-0.2, -0.15) is 0 Å². The zero-order valence-electron chi connectivity index (χ0n) is 16.7. The van der Waals surface area contributed by atoms with Gasteiger partial charge in [0, 0.05) is 44.1 Å². The topological polar surface area (TPSA) is 6.48 Å². The molecule has 3 aromatic carbocycles. The number of benzene rings is 3. The van der Waals surface area contributed by atoms with Crippen LogP contribution in [0.5, 0.6) is 0 Å². The fraction of sp³-hybridized carbons (Fsp3) is 0.154. The van der Waals surface area contributed by atoms with Crippen molar-refractivity contribution in [1.29, 1.82) is 0 Å². The second-order valence-electron chi connectivity index (χ2n) is 7.42. The Kier molecular flexibility index (Phi) is 5.03. The third-order valence-corrected chi connectivity index (χ3v) is 5.38. The molecule has 0 aromatic heterocycles. The summed E-state index contributed by atoms with van der Waals surface area (Å²) in [6, 6.07) is 28.1. The largest absolute Gasteiger partial charge is 0.378 e. The average molecular weight is 367 g/mol. The maximum atomic E-state index is 2.37. The lowest BCUT2D eigenvalue weighted by Gasteiger charge is -2.28. The summed E-state index contributed by atoms with van der Waals surface area (Å²) in [6.45, 7) is 0. The van der Waals surface area contributed by atoms with Crippen molar-refractivity contribution in [3.8, 4) is 0 Å². The van der Waals surface area contributed by atoms with Crippen molar-refractivity contribution in [1.82, 2.24) is 0 Å². The van der Waals surface area contributed by atoms with Crippen LogP contribution in [0.3, 0.4) is 0 Å². The van der Waals surface area contributed by atoms with Gasteiger partial charge in [0.15, 0.2) is 0 Å². The van der Waals surface area contributed by atoms with Crippen LogP contribution >= 0.6 is 0 Å². The Morgan fingerprint density at radius 3 is 2.11 bits per heavy atom. The highest BCUT2D eigenvalue weighted by molar-refractivity contribution is 5.76. The van der Waals surface area contributed by atoms with E-state index in [0.717, 1.165) is 0 Å². The normalized spacial score (nSPS) is 15.4. The highest BCUT2D eigenvalue weighted by atomic mass is 15.1. The molecule has 0 aliphatic carbocycles. The molecule has 2 nitrogen and oxygen atoms in total. The van der Waals surface area contributed by atoms with Crippen molar-refractivity contribution in [3.63, 3.8) is 0 Å². The summed E-state index contributed by atoms with van der Waals surface area (Å²) in [4.78, 5) is 4.41. The molecule has 140 valence electrons. The number of allylic oxidation sites excluding steroid dienone is 2. The second-order valence-corrected chi connectivity index (χ2v) is 7.42. The maximum absolute atomic E-state index is 2.37. The van der Waals surface area contributed by atoms with Gasteiger partial charge >= 0.3 is 0 Å². The van der Waals surface area contributed by atoms with Gasteiger partial charge in [-0.1, -0.05) is 66.7 Å². The van der Waals surface area contributed by atoms with E-state index in [9.17, 15) is 0 Å². The molecule has 1 aliphatic rings. The van der Waals surface area contributed by atoms with Crippen LogP contribution in [0.1, 0.15) is 22.6 Å². The van der Waals surface area contributed by atoms with Crippen molar-refractivity contribution in [2.24, 2.45) is 0 Å². The summed E-state index contributed by atoms with van der Waals surface area (Å²) in [5.74, 6) is 0.199. The molecule has 1 atom stereocenters. The van der Waals surface area contributed by atoms with E-state index in [1.807, 2.05) is 0 Å². The van der Waals surface area contributed by atoms with E-state index in [-0.39, 0.29) is 5.92 Å². The van der Waals surface area contributed by atoms with Crippen LogP contribution < -0.4 is 9.80 Å². The van der Waals surface area contributed by atoms with Crippen molar-refractivity contribution in [2.45, 2.75) is 5.92 Å². The maximum Gasteiger partial charge on any atom is 0.0481 e. The molecular formula is C26H26N2. The lowest BCUT2D eigenvalue weighted by Crippen LogP contribution is -2.19. The van der Waals surface area contributed by atoms with Gasteiger partial charge in [0.1, 0.15) is 0 Å². The highest BCUT2D eigenvalue weighted by Gasteiger charge is 2.17. The summed E-state index contributed by atoms with van der Waals surface area (Å²) in [7, 11) is 6.29. The molecule has 0 bridgehead atoms. The highest BCUT2D eigenvalue weighted by Crippen LogP contribution is 2.34. The molecule has 0 saturated carbocycles. The van der Waals surface area contributed by atoms with Gasteiger partial charge in [0.2, 0.25) is 0 Å². The van der Waals surface area contributed by atoms with E-state index in [1.54, 1.807) is 0 Å². The third kappa shape index (κ3) is 3.59. The first-order chi connectivity index (χ1) is 13.6. The second kappa shape index (κ2) is 7.77. The number of nitrogens with zero attached hydrogens (tertiary/aromatic N) is 2. The molecule has 0 spiro atoms. The van der Waals surface area contributed by atoms with Gasteiger partial charge in [-0.3, -0.25) is 0 Å². The number of hydrogen-bond donors (Lipinski definition) is 0. The predicted octanol–water partition coefficient (Wildman–Crippen LogP) is 5.93. The molecule has 0 saturated heterocycles. The van der Waals surface area contributed by atoms with E-state index >= 15 is 0 Å². The smallest absolute Gasteiger partial charge is 0.0481 e. The van der Waals surface area contributed by atoms with E-state index in [0.29, 0.717) is 0 Å². The first-order valence-corrected chi connectivity index (χ1v) is 9.68. The Morgan fingerprint density at radius 1 is 0.750 bits per heavy atom. The molecule has 1 aliphatic heterocycles. The zero-order chi connectivity index (χ0) is 19.5. The summed E-state index contributed by atoms with van der Waals surface area (Å²) >= 11 is 0. The number of likely N-dealkylation sites (N-methyl/N-ethyl adjacent to an activating group) is 1. The Morgan fingerprint density at radius 2 is 1.39 bits per heavy atom. The summed E-state index contributed by atoms with van der Waals surface area (Å²) in [6.07, 6.45) is 6.79. The SMILES string of the molecule is CN(C)c1ccc([C@@H](/C=C2\C=Cc3ccccc3N2C)c2ccccc2)cc1. The molecule has 0 unspecified atom stereocenters. The Hall–Kier alpha value is -3.26. The number of fused-ring (bicyclic) bond motifs is 1. The molecule has 0 fully saturated rings. The Labute approximate surface area is 168 Å². The van der Waals surface area contributed by atoms with Gasteiger partial charge in [-0.15, -0.1) is 0 Å². The fourth-order valence-electron chi connectivity index (χ4n) is 3.72. The van der Waals surface area contributed by atoms with Crippen LogP contribution in [0.15, 0.2) is 96.7 Å². The first kappa shape index (κ1) is 18.1. The Bertz CT molecular complexity index is 998. The molecule has 1 heterocycles. The molecule has 3 aromatic rings. The van der Waals surface area contributed by atoms with Crippen molar-refractivity contribution < 1.29 is 0 Å². The van der Waals surface area contributed by atoms with E-state index in [1.165, 1.54) is 33.8 Å². The van der Waals surface area contributed by atoms with E-state index in [4.69, 9.17) is 0 Å². The van der Waals surface area contributed by atoms with Gasteiger partial charge < -0.3 is 9.80 Å². The van der Waals surface area contributed by atoms with Gasteiger partial charge in [-0.25, -0.2) is 0 Å². The van der Waals surface area contributed by atoms with E-state index < -0.39 is 0 Å². The van der Waals surface area contributed by atoms with Gasteiger partial charge in [-0.05, 0) is 47.0 Å². The molecule has 0 N–H and O–H groups in total. The average Bonchev–Trinajstić information content (AvgIpc) is 2.74. The van der Waals surface area contributed by atoms with Crippen LogP contribution in [0, 0.1) is 0 Å². The zero-order valence-corrected chi connectivity index (χ0v) is 16.7. The molecular weight excluding hydrogens is 340 g/mol. The van der Waals surface area contributed by atoms with Crippen LogP contribution in [0.25, 0.3) is 6.08 Å². The van der Waals surface area contributed by atoms with Crippen molar-refractivity contribution in [3.05, 3.63) is 113 Å². The minimum absolute atomic E-state index is 0.199. The molecule has 0 amide bonds. The summed E-state index contributed by atoms with van der Waals surface area (Å²) in [5, 5.41) is 0. The fourth-order valence-corrected chi connectivity index (χ4v) is 3.72. The summed E-state index contributed by atoms with van der Waals surface area (Å²) in [5.41, 5.74) is 7.52. The lowest BCUT2D eigenvalue weighted by atomic mass is 9.89. The van der Waals surface area contributed by atoms with Crippen molar-refractivity contribution in [2.75, 3.05) is 30.9 Å². The Balaban J connectivity index is 1.76. The van der Waals surface area contributed by atoms with Crippen LogP contribution in [-0.2, 0) is 0 Å². The van der Waals surface area contributed by atoms with Gasteiger partial charge in [0.25, 0.3) is 0 Å². The standard InChI is InChI=1S/C26H26N2/c1-27(2)23-16-13-21(14-17-23)25(20-9-5-4-6-10-20)19-24-18-15-22-11-7-8-12-26(22)28(24)3/h4-19,25H,1-3H3/b24-19+/t25-/m0/s1. The number of hydrogen-bond acceptors (Lipinski definition) is 2. The van der Waals surface area contributed by atoms with Crippen LogP contribution in [-0.4, -0.2) is 21.1 Å².